The van der Waals surface area contributed by atoms with Gasteiger partial charge in [0.25, 0.3) is 0 Å². The number of nitrogens with zero attached hydrogens (tertiary/aromatic N) is 4. The first kappa shape index (κ1) is 15.3. The van der Waals surface area contributed by atoms with E-state index in [1.807, 2.05) is 18.5 Å². The van der Waals surface area contributed by atoms with Crippen molar-refractivity contribution in [2.45, 2.75) is 64.5 Å². The average molecular weight is 304 g/mol. The van der Waals surface area contributed by atoms with Crippen LogP contribution in [0.4, 0.5) is 0 Å². The normalized spacial score (nSPS) is 20.2. The Morgan fingerprint density at radius 2 is 1.95 bits per heavy atom. The maximum absolute atomic E-state index is 4.70. The number of nitrogens with one attached hydrogen (secondary N) is 2. The van der Waals surface area contributed by atoms with Crippen LogP contribution in [0.15, 0.2) is 4.99 Å². The van der Waals surface area contributed by atoms with Crippen LogP contribution in [0.25, 0.3) is 0 Å². The Morgan fingerprint density at radius 1 is 1.18 bits per heavy atom. The van der Waals surface area contributed by atoms with Gasteiger partial charge < -0.3 is 15.2 Å². The lowest BCUT2D eigenvalue weighted by Crippen LogP contribution is -2.41. The predicted octanol–water partition coefficient (Wildman–Crippen LogP) is 1.90. The van der Waals surface area contributed by atoms with Gasteiger partial charge in [-0.15, -0.1) is 10.2 Å². The molecule has 2 aliphatic rings. The lowest BCUT2D eigenvalue weighted by atomic mass is 9.89. The van der Waals surface area contributed by atoms with Crippen molar-refractivity contribution in [2.75, 3.05) is 6.54 Å². The third kappa shape index (κ3) is 4.21. The van der Waals surface area contributed by atoms with E-state index in [4.69, 9.17) is 4.99 Å². The van der Waals surface area contributed by atoms with Crippen molar-refractivity contribution >= 4 is 5.96 Å². The van der Waals surface area contributed by atoms with Gasteiger partial charge in [0.05, 0.1) is 0 Å². The molecule has 2 fully saturated rings. The topological polar surface area (TPSA) is 67.1 Å². The molecule has 2 saturated carbocycles. The summed E-state index contributed by atoms with van der Waals surface area (Å²) in [5.41, 5.74) is 0. The van der Waals surface area contributed by atoms with Crippen LogP contribution in [-0.2, 0) is 13.6 Å². The summed E-state index contributed by atoms with van der Waals surface area (Å²) >= 11 is 0. The molecule has 0 aromatic carbocycles. The fourth-order valence-electron chi connectivity index (χ4n) is 2.94. The summed E-state index contributed by atoms with van der Waals surface area (Å²) in [7, 11) is 1.99. The second-order valence-corrected chi connectivity index (χ2v) is 6.69. The van der Waals surface area contributed by atoms with Crippen molar-refractivity contribution in [3.63, 3.8) is 0 Å². The third-order valence-corrected chi connectivity index (χ3v) is 4.76. The standard InChI is InChI=1S/C16H28N6/c1-12-20-21-15(22(12)2)11-18-16(19-14-8-9-14)17-10-13-6-4-3-5-7-13/h13-14H,3-11H2,1-2H3,(H2,17,18,19). The molecule has 2 N–H and O–H groups in total. The Balaban J connectivity index is 1.55. The van der Waals surface area contributed by atoms with E-state index in [0.717, 1.165) is 30.1 Å². The molecule has 3 rings (SSSR count). The van der Waals surface area contributed by atoms with Gasteiger partial charge in [-0.25, -0.2) is 4.99 Å². The minimum absolute atomic E-state index is 0.573. The van der Waals surface area contributed by atoms with Gasteiger partial charge in [-0.05, 0) is 38.5 Å². The number of hydrogen-bond donors (Lipinski definition) is 2. The lowest BCUT2D eigenvalue weighted by molar-refractivity contribution is 0.355. The van der Waals surface area contributed by atoms with E-state index in [2.05, 4.69) is 20.8 Å². The Labute approximate surface area is 132 Å². The number of aliphatic imine (C=N–C) groups is 1. The van der Waals surface area contributed by atoms with Crippen molar-refractivity contribution in [1.29, 1.82) is 0 Å². The van der Waals surface area contributed by atoms with Crippen molar-refractivity contribution in [3.05, 3.63) is 11.6 Å². The van der Waals surface area contributed by atoms with E-state index in [-0.39, 0.29) is 0 Å². The third-order valence-electron chi connectivity index (χ3n) is 4.76. The first-order valence-electron chi connectivity index (χ1n) is 8.62. The van der Waals surface area contributed by atoms with Crippen LogP contribution >= 0.6 is 0 Å². The summed E-state index contributed by atoms with van der Waals surface area (Å²) in [5, 5.41) is 15.3. The molecule has 0 saturated heterocycles. The van der Waals surface area contributed by atoms with Crippen molar-refractivity contribution in [1.82, 2.24) is 25.4 Å². The molecule has 1 aromatic heterocycles. The van der Waals surface area contributed by atoms with Gasteiger partial charge in [0.2, 0.25) is 0 Å². The maximum atomic E-state index is 4.70. The minimum atomic E-state index is 0.573. The molecule has 0 aliphatic heterocycles. The van der Waals surface area contributed by atoms with Gasteiger partial charge in [-0.2, -0.15) is 0 Å². The molecule has 122 valence electrons. The molecule has 0 amide bonds. The number of aromatic nitrogens is 3. The highest BCUT2D eigenvalue weighted by atomic mass is 15.3. The molecule has 1 aromatic rings. The van der Waals surface area contributed by atoms with E-state index in [1.165, 1.54) is 44.9 Å². The second kappa shape index (κ2) is 7.11. The Bertz CT molecular complexity index is 511. The lowest BCUT2D eigenvalue weighted by Gasteiger charge is -2.23. The van der Waals surface area contributed by atoms with Gasteiger partial charge in [0, 0.05) is 19.6 Å². The van der Waals surface area contributed by atoms with E-state index < -0.39 is 0 Å². The highest BCUT2D eigenvalue weighted by Crippen LogP contribution is 2.23. The average Bonchev–Trinajstić information content (AvgIpc) is 3.30. The molecule has 6 heteroatoms. The first-order valence-corrected chi connectivity index (χ1v) is 8.62. The van der Waals surface area contributed by atoms with Gasteiger partial charge in [-0.3, -0.25) is 0 Å². The zero-order valence-electron chi connectivity index (χ0n) is 13.8. The highest BCUT2D eigenvalue weighted by Gasteiger charge is 2.23. The summed E-state index contributed by atoms with van der Waals surface area (Å²) in [5.74, 6) is 3.58. The van der Waals surface area contributed by atoms with Gasteiger partial charge in [0.15, 0.2) is 11.8 Å². The predicted molar refractivity (Wildman–Crippen MR) is 87.6 cm³/mol. The highest BCUT2D eigenvalue weighted by molar-refractivity contribution is 5.80. The van der Waals surface area contributed by atoms with Crippen LogP contribution in [0.3, 0.4) is 0 Å². The SMILES string of the molecule is Cc1nnc(CN=C(NCC2CCCCC2)NC2CC2)n1C. The van der Waals surface area contributed by atoms with Crippen molar-refractivity contribution in [3.8, 4) is 0 Å². The van der Waals surface area contributed by atoms with Gasteiger partial charge in [0.1, 0.15) is 12.4 Å². The van der Waals surface area contributed by atoms with Gasteiger partial charge in [-0.1, -0.05) is 19.3 Å². The zero-order valence-corrected chi connectivity index (χ0v) is 13.8. The summed E-state index contributed by atoms with van der Waals surface area (Å²) in [6.45, 7) is 3.57. The summed E-state index contributed by atoms with van der Waals surface area (Å²) in [6.07, 6.45) is 9.39. The second-order valence-electron chi connectivity index (χ2n) is 6.69. The van der Waals surface area contributed by atoms with E-state index in [0.29, 0.717) is 12.6 Å². The Morgan fingerprint density at radius 3 is 2.59 bits per heavy atom. The number of hydrogen-bond acceptors (Lipinski definition) is 3. The van der Waals surface area contributed by atoms with Crippen LogP contribution in [0.5, 0.6) is 0 Å². The molecular formula is C16H28N6. The summed E-state index contributed by atoms with van der Waals surface area (Å²) in [6, 6.07) is 0.610. The molecule has 2 aliphatic carbocycles. The molecule has 6 nitrogen and oxygen atoms in total. The van der Waals surface area contributed by atoms with E-state index >= 15 is 0 Å². The van der Waals surface area contributed by atoms with Crippen molar-refractivity contribution < 1.29 is 0 Å². The molecular weight excluding hydrogens is 276 g/mol. The number of rotatable bonds is 5. The van der Waals surface area contributed by atoms with Crippen LogP contribution in [0.1, 0.15) is 56.6 Å². The van der Waals surface area contributed by atoms with E-state index in [1.54, 1.807) is 0 Å². The Kier molecular flexibility index (Phi) is 4.95. The van der Waals surface area contributed by atoms with Gasteiger partial charge >= 0.3 is 0 Å². The summed E-state index contributed by atoms with van der Waals surface area (Å²) < 4.78 is 2.00. The first-order chi connectivity index (χ1) is 10.7. The van der Waals surface area contributed by atoms with Crippen LogP contribution in [0.2, 0.25) is 0 Å². The van der Waals surface area contributed by atoms with Crippen molar-refractivity contribution in [2.24, 2.45) is 18.0 Å². The molecule has 0 bridgehead atoms. The maximum Gasteiger partial charge on any atom is 0.191 e. The molecule has 0 atom stereocenters. The Hall–Kier alpha value is -1.59. The molecule has 22 heavy (non-hydrogen) atoms. The quantitative estimate of drug-likeness (QED) is 0.644. The molecule has 0 radical (unpaired) electrons. The molecule has 0 spiro atoms. The summed E-state index contributed by atoms with van der Waals surface area (Å²) in [4.78, 5) is 4.70. The van der Waals surface area contributed by atoms with Crippen LogP contribution in [-0.4, -0.2) is 33.3 Å². The van der Waals surface area contributed by atoms with E-state index in [9.17, 15) is 0 Å². The minimum Gasteiger partial charge on any atom is -0.356 e. The largest absolute Gasteiger partial charge is 0.356 e. The molecule has 1 heterocycles. The fraction of sp³-hybridized carbons (Fsp3) is 0.812. The number of guanidine groups is 1. The van der Waals surface area contributed by atoms with Crippen LogP contribution < -0.4 is 10.6 Å². The smallest absolute Gasteiger partial charge is 0.191 e. The fourth-order valence-corrected chi connectivity index (χ4v) is 2.94. The zero-order chi connectivity index (χ0) is 15.4. The monoisotopic (exact) mass is 304 g/mol. The van der Waals surface area contributed by atoms with Crippen LogP contribution in [0, 0.1) is 12.8 Å². The molecule has 0 unspecified atom stereocenters. The number of aryl methyl sites for hydroxylation is 1.